The Morgan fingerprint density at radius 2 is 2.05 bits per heavy atom. The van der Waals surface area contributed by atoms with E-state index < -0.39 is 6.10 Å². The van der Waals surface area contributed by atoms with Gasteiger partial charge in [-0.15, -0.1) is 21.5 Å². The maximum Gasteiger partial charge on any atom is 0.204 e. The standard InChI is InChI=1S/C15H16N4O2S/c20-13(10-21-11-14-7-4-8-22-14)9-19-17-15(16-18-19)12-5-2-1-3-6-12/h1-8,13,20H,9-11H2/t13-/m0/s1. The van der Waals surface area contributed by atoms with E-state index in [0.29, 0.717) is 12.4 Å². The Balaban J connectivity index is 1.49. The van der Waals surface area contributed by atoms with Crippen LogP contribution in [0, 0.1) is 0 Å². The minimum absolute atomic E-state index is 0.236. The average molecular weight is 316 g/mol. The number of nitrogens with zero attached hydrogens (tertiary/aromatic N) is 4. The summed E-state index contributed by atoms with van der Waals surface area (Å²) in [4.78, 5) is 2.53. The Morgan fingerprint density at radius 1 is 1.18 bits per heavy atom. The molecule has 1 aromatic carbocycles. The maximum absolute atomic E-state index is 9.96. The van der Waals surface area contributed by atoms with Gasteiger partial charge in [0, 0.05) is 10.4 Å². The van der Waals surface area contributed by atoms with Crippen molar-refractivity contribution in [2.75, 3.05) is 6.61 Å². The Kier molecular flexibility index (Phi) is 4.89. The molecule has 0 aliphatic carbocycles. The van der Waals surface area contributed by atoms with E-state index in [1.54, 1.807) is 11.3 Å². The minimum Gasteiger partial charge on any atom is -0.389 e. The molecule has 0 radical (unpaired) electrons. The molecule has 1 N–H and O–H groups in total. The predicted molar refractivity (Wildman–Crippen MR) is 83.2 cm³/mol. The fourth-order valence-corrected chi connectivity index (χ4v) is 2.60. The molecule has 3 rings (SSSR count). The van der Waals surface area contributed by atoms with Gasteiger partial charge in [-0.1, -0.05) is 36.4 Å². The summed E-state index contributed by atoms with van der Waals surface area (Å²) in [5.74, 6) is 0.548. The second-order valence-electron chi connectivity index (χ2n) is 4.78. The second kappa shape index (κ2) is 7.26. The first-order valence-electron chi connectivity index (χ1n) is 6.92. The van der Waals surface area contributed by atoms with E-state index in [4.69, 9.17) is 4.74 Å². The number of hydrogen-bond acceptors (Lipinski definition) is 6. The summed E-state index contributed by atoms with van der Waals surface area (Å²) in [7, 11) is 0. The van der Waals surface area contributed by atoms with Crippen molar-refractivity contribution in [1.82, 2.24) is 20.2 Å². The molecular formula is C15H16N4O2S. The third-order valence-electron chi connectivity index (χ3n) is 2.99. The van der Waals surface area contributed by atoms with Crippen molar-refractivity contribution in [2.24, 2.45) is 0 Å². The van der Waals surface area contributed by atoms with E-state index in [1.807, 2.05) is 47.8 Å². The molecule has 1 atom stereocenters. The number of thiophene rings is 1. The van der Waals surface area contributed by atoms with Crippen LogP contribution in [-0.2, 0) is 17.9 Å². The van der Waals surface area contributed by atoms with E-state index >= 15 is 0 Å². The quantitative estimate of drug-likeness (QED) is 0.721. The molecule has 0 unspecified atom stereocenters. The van der Waals surface area contributed by atoms with Crippen LogP contribution in [0.15, 0.2) is 47.8 Å². The minimum atomic E-state index is -0.669. The van der Waals surface area contributed by atoms with Gasteiger partial charge in [0.05, 0.1) is 25.9 Å². The van der Waals surface area contributed by atoms with Crippen LogP contribution in [-0.4, -0.2) is 38.0 Å². The molecule has 6 nitrogen and oxygen atoms in total. The molecule has 2 aromatic heterocycles. The van der Waals surface area contributed by atoms with Crippen LogP contribution in [0.25, 0.3) is 11.4 Å². The number of hydrogen-bond donors (Lipinski definition) is 1. The van der Waals surface area contributed by atoms with Gasteiger partial charge in [0.25, 0.3) is 0 Å². The smallest absolute Gasteiger partial charge is 0.204 e. The highest BCUT2D eigenvalue weighted by Crippen LogP contribution is 2.12. The van der Waals surface area contributed by atoms with Gasteiger partial charge in [-0.3, -0.25) is 0 Å². The van der Waals surface area contributed by atoms with Gasteiger partial charge >= 0.3 is 0 Å². The zero-order valence-electron chi connectivity index (χ0n) is 11.9. The molecule has 0 fully saturated rings. The van der Waals surface area contributed by atoms with E-state index in [9.17, 15) is 5.11 Å². The molecule has 0 saturated carbocycles. The van der Waals surface area contributed by atoms with Crippen molar-refractivity contribution < 1.29 is 9.84 Å². The normalized spacial score (nSPS) is 12.4. The Hall–Kier alpha value is -2.09. The second-order valence-corrected chi connectivity index (χ2v) is 5.81. The van der Waals surface area contributed by atoms with Crippen molar-refractivity contribution >= 4 is 11.3 Å². The van der Waals surface area contributed by atoms with E-state index in [2.05, 4.69) is 15.4 Å². The van der Waals surface area contributed by atoms with Crippen molar-refractivity contribution in [3.63, 3.8) is 0 Å². The lowest BCUT2D eigenvalue weighted by Gasteiger charge is -2.09. The highest BCUT2D eigenvalue weighted by molar-refractivity contribution is 7.09. The maximum atomic E-state index is 9.96. The highest BCUT2D eigenvalue weighted by atomic mass is 32.1. The summed E-state index contributed by atoms with van der Waals surface area (Å²) in [6, 6.07) is 13.6. The van der Waals surface area contributed by atoms with Crippen LogP contribution >= 0.6 is 11.3 Å². The number of aliphatic hydroxyl groups is 1. The molecule has 114 valence electrons. The number of tetrazole rings is 1. The lowest BCUT2D eigenvalue weighted by molar-refractivity contribution is 0.0174. The van der Waals surface area contributed by atoms with E-state index in [0.717, 1.165) is 10.4 Å². The van der Waals surface area contributed by atoms with E-state index in [-0.39, 0.29) is 13.2 Å². The largest absolute Gasteiger partial charge is 0.389 e. The monoisotopic (exact) mass is 316 g/mol. The Labute approximate surface area is 132 Å². The van der Waals surface area contributed by atoms with Gasteiger partial charge in [0.2, 0.25) is 5.82 Å². The van der Waals surface area contributed by atoms with Crippen LogP contribution in [0.1, 0.15) is 4.88 Å². The Morgan fingerprint density at radius 3 is 2.82 bits per heavy atom. The van der Waals surface area contributed by atoms with E-state index in [1.165, 1.54) is 4.80 Å². The third kappa shape index (κ3) is 3.97. The van der Waals surface area contributed by atoms with Crippen LogP contribution < -0.4 is 0 Å². The Bertz CT molecular complexity index is 685. The summed E-state index contributed by atoms with van der Waals surface area (Å²) < 4.78 is 5.47. The van der Waals surface area contributed by atoms with Gasteiger partial charge in [-0.2, -0.15) is 4.80 Å². The highest BCUT2D eigenvalue weighted by Gasteiger charge is 2.10. The number of benzene rings is 1. The van der Waals surface area contributed by atoms with Gasteiger partial charge in [-0.25, -0.2) is 0 Å². The number of rotatable bonds is 7. The summed E-state index contributed by atoms with van der Waals surface area (Å²) in [5, 5.41) is 24.2. The van der Waals surface area contributed by atoms with Crippen molar-refractivity contribution in [3.8, 4) is 11.4 Å². The number of ether oxygens (including phenoxy) is 1. The fourth-order valence-electron chi connectivity index (χ4n) is 1.95. The predicted octanol–water partition coefficient (Wildman–Crippen LogP) is 1.98. The molecule has 0 aliphatic heterocycles. The van der Waals surface area contributed by atoms with Crippen LogP contribution in [0.5, 0.6) is 0 Å². The lowest BCUT2D eigenvalue weighted by atomic mass is 10.2. The first-order valence-corrected chi connectivity index (χ1v) is 7.80. The van der Waals surface area contributed by atoms with Gasteiger partial charge in [-0.05, 0) is 16.7 Å². The fraction of sp³-hybridized carbons (Fsp3) is 0.267. The summed E-state index contributed by atoms with van der Waals surface area (Å²) in [6.45, 7) is 0.999. The first kappa shape index (κ1) is 14.8. The average Bonchev–Trinajstić information content (AvgIpc) is 3.20. The number of aromatic nitrogens is 4. The van der Waals surface area contributed by atoms with Gasteiger partial charge in [0.15, 0.2) is 0 Å². The van der Waals surface area contributed by atoms with Crippen molar-refractivity contribution in [1.29, 1.82) is 0 Å². The van der Waals surface area contributed by atoms with Crippen molar-refractivity contribution in [2.45, 2.75) is 19.3 Å². The number of aliphatic hydroxyl groups excluding tert-OH is 1. The molecular weight excluding hydrogens is 300 g/mol. The summed E-state index contributed by atoms with van der Waals surface area (Å²) in [5.41, 5.74) is 0.900. The third-order valence-corrected chi connectivity index (χ3v) is 3.84. The molecule has 0 bridgehead atoms. The SMILES string of the molecule is O[C@H](COCc1cccs1)Cn1nnc(-c2ccccc2)n1. The molecule has 3 aromatic rings. The molecule has 7 heteroatoms. The molecule has 0 amide bonds. The van der Waals surface area contributed by atoms with Gasteiger partial charge < -0.3 is 9.84 Å². The summed E-state index contributed by atoms with van der Waals surface area (Å²) >= 11 is 1.63. The molecule has 2 heterocycles. The summed E-state index contributed by atoms with van der Waals surface area (Å²) in [6.07, 6.45) is -0.669. The van der Waals surface area contributed by atoms with Gasteiger partial charge in [0.1, 0.15) is 0 Å². The van der Waals surface area contributed by atoms with Crippen LogP contribution in [0.2, 0.25) is 0 Å². The lowest BCUT2D eigenvalue weighted by Crippen LogP contribution is -2.23. The molecule has 0 aliphatic rings. The van der Waals surface area contributed by atoms with Crippen LogP contribution in [0.3, 0.4) is 0 Å². The van der Waals surface area contributed by atoms with Crippen molar-refractivity contribution in [3.05, 3.63) is 52.7 Å². The molecule has 0 saturated heterocycles. The van der Waals surface area contributed by atoms with Crippen LogP contribution in [0.4, 0.5) is 0 Å². The zero-order chi connectivity index (χ0) is 15.2. The first-order chi connectivity index (χ1) is 10.8. The molecule has 0 spiro atoms. The molecule has 22 heavy (non-hydrogen) atoms. The zero-order valence-corrected chi connectivity index (χ0v) is 12.7. The topological polar surface area (TPSA) is 73.1 Å².